The van der Waals surface area contributed by atoms with E-state index in [1.54, 1.807) is 72.0 Å². The van der Waals surface area contributed by atoms with Gasteiger partial charge in [0.15, 0.2) is 11.2 Å². The minimum Gasteiger partial charge on any atom is -0.455 e. The monoisotopic (exact) mass is 513 g/mol. The topological polar surface area (TPSA) is 90.4 Å². The molecular weight excluding hydrogens is 485 g/mol. The van der Waals surface area contributed by atoms with Gasteiger partial charge in [0.2, 0.25) is 11.7 Å². The van der Waals surface area contributed by atoms with Gasteiger partial charge in [-0.1, -0.05) is 17.3 Å². The molecule has 2 heterocycles. The molecule has 0 unspecified atom stereocenters. The van der Waals surface area contributed by atoms with E-state index in [2.05, 4.69) is 10.1 Å². The Balaban J connectivity index is 1.80. The van der Waals surface area contributed by atoms with Crippen molar-refractivity contribution in [2.24, 2.45) is 0 Å². The molecule has 5 aromatic rings. The van der Waals surface area contributed by atoms with Crippen LogP contribution in [0.3, 0.4) is 0 Å². The molecule has 0 aliphatic heterocycles. The molecule has 1 N–H and O–H groups in total. The van der Waals surface area contributed by atoms with Crippen molar-refractivity contribution in [2.75, 3.05) is 0 Å². The number of hydrogen-bond acceptors (Lipinski definition) is 6. The van der Waals surface area contributed by atoms with Crippen molar-refractivity contribution < 1.29 is 18.8 Å². The number of hydrogen-bond donors (Lipinski definition) is 1. The summed E-state index contributed by atoms with van der Waals surface area (Å²) in [5, 5.41) is 15.3. The number of fused-ring (bicyclic) bond motifs is 1. The molecule has 8 heteroatoms. The molecule has 0 atom stereocenters. The average molecular weight is 514 g/mol. The number of benzene rings is 3. The summed E-state index contributed by atoms with van der Waals surface area (Å²) in [5.41, 5.74) is 3.14. The quantitative estimate of drug-likeness (QED) is 0.291. The maximum absolute atomic E-state index is 14.0. The standard InChI is InChI=1S/C30H28FN3O4/c1-16-11-22(31)12-17(2)28(16)37-26-10-8-21(30(5,6)36)14-25(26)34-15-18(3)27(35)23-9-7-20(13-24(23)34)29-32-19(4)38-33-29/h7-15,36H,1-6H3. The second-order valence-corrected chi connectivity index (χ2v) is 10.1. The van der Waals surface area contributed by atoms with Crippen molar-refractivity contribution in [2.45, 2.75) is 47.1 Å². The van der Waals surface area contributed by atoms with Crippen LogP contribution in [0.5, 0.6) is 11.5 Å². The van der Waals surface area contributed by atoms with Gasteiger partial charge in [0.1, 0.15) is 11.6 Å². The summed E-state index contributed by atoms with van der Waals surface area (Å²) in [5.74, 6) is 1.51. The van der Waals surface area contributed by atoms with Crippen LogP contribution in [0.4, 0.5) is 4.39 Å². The van der Waals surface area contributed by atoms with Crippen molar-refractivity contribution in [3.63, 3.8) is 0 Å². The van der Waals surface area contributed by atoms with E-state index in [0.717, 1.165) is 0 Å². The lowest BCUT2D eigenvalue weighted by atomic mass is 9.97. The van der Waals surface area contributed by atoms with Gasteiger partial charge in [0.25, 0.3) is 0 Å². The number of aryl methyl sites for hydroxylation is 4. The number of pyridine rings is 1. The van der Waals surface area contributed by atoms with Crippen LogP contribution in [-0.2, 0) is 5.60 Å². The Kier molecular flexibility index (Phi) is 6.15. The second-order valence-electron chi connectivity index (χ2n) is 10.1. The molecule has 0 saturated carbocycles. The fraction of sp³-hybridized carbons (Fsp3) is 0.233. The van der Waals surface area contributed by atoms with Crippen LogP contribution in [-0.4, -0.2) is 19.8 Å². The normalized spacial score (nSPS) is 11.8. The van der Waals surface area contributed by atoms with Gasteiger partial charge in [-0.15, -0.1) is 0 Å². The summed E-state index contributed by atoms with van der Waals surface area (Å²) >= 11 is 0. The summed E-state index contributed by atoms with van der Waals surface area (Å²) in [4.78, 5) is 17.4. The lowest BCUT2D eigenvalue weighted by Gasteiger charge is -2.23. The first-order valence-corrected chi connectivity index (χ1v) is 12.2. The number of aromatic nitrogens is 3. The minimum atomic E-state index is -1.13. The summed E-state index contributed by atoms with van der Waals surface area (Å²) in [6.07, 6.45) is 1.75. The maximum atomic E-state index is 14.0. The Bertz CT molecular complexity index is 1740. The molecule has 38 heavy (non-hydrogen) atoms. The first-order valence-electron chi connectivity index (χ1n) is 12.2. The van der Waals surface area contributed by atoms with Gasteiger partial charge in [0, 0.05) is 29.6 Å². The number of rotatable bonds is 5. The fourth-order valence-corrected chi connectivity index (χ4v) is 4.55. The van der Waals surface area contributed by atoms with Crippen LogP contribution in [0.15, 0.2) is 64.0 Å². The first kappa shape index (κ1) is 25.4. The van der Waals surface area contributed by atoms with E-state index in [4.69, 9.17) is 9.26 Å². The van der Waals surface area contributed by atoms with E-state index >= 15 is 0 Å². The Morgan fingerprint density at radius 1 is 0.974 bits per heavy atom. The highest BCUT2D eigenvalue weighted by atomic mass is 19.1. The highest BCUT2D eigenvalue weighted by Gasteiger charge is 2.21. The van der Waals surface area contributed by atoms with Gasteiger partial charge in [-0.2, -0.15) is 4.98 Å². The second kappa shape index (κ2) is 9.22. The minimum absolute atomic E-state index is 0.0987. The summed E-state index contributed by atoms with van der Waals surface area (Å²) in [6.45, 7) is 10.4. The third-order valence-electron chi connectivity index (χ3n) is 6.53. The van der Waals surface area contributed by atoms with Crippen molar-refractivity contribution in [1.29, 1.82) is 0 Å². The Labute approximate surface area is 219 Å². The summed E-state index contributed by atoms with van der Waals surface area (Å²) in [7, 11) is 0. The average Bonchev–Trinajstić information content (AvgIpc) is 3.29. The molecule has 0 aliphatic rings. The van der Waals surface area contributed by atoms with Crippen LogP contribution in [0.1, 0.15) is 42.0 Å². The molecular formula is C30H28FN3O4. The largest absolute Gasteiger partial charge is 0.455 e. The maximum Gasteiger partial charge on any atom is 0.223 e. The number of aliphatic hydroxyl groups is 1. The number of halogens is 1. The zero-order valence-corrected chi connectivity index (χ0v) is 22.1. The van der Waals surface area contributed by atoms with Crippen LogP contribution in [0, 0.1) is 33.5 Å². The smallest absolute Gasteiger partial charge is 0.223 e. The molecule has 2 aromatic heterocycles. The van der Waals surface area contributed by atoms with Gasteiger partial charge in [0.05, 0.1) is 16.8 Å². The number of nitrogens with zero attached hydrogens (tertiary/aromatic N) is 3. The third kappa shape index (κ3) is 4.59. The van der Waals surface area contributed by atoms with Crippen LogP contribution in [0.25, 0.3) is 28.0 Å². The molecule has 0 spiro atoms. The van der Waals surface area contributed by atoms with Gasteiger partial charge in [-0.05, 0) is 87.7 Å². The molecule has 194 valence electrons. The zero-order chi connectivity index (χ0) is 27.4. The Hall–Kier alpha value is -4.30. The fourth-order valence-electron chi connectivity index (χ4n) is 4.55. The van der Waals surface area contributed by atoms with Gasteiger partial charge in [-0.25, -0.2) is 4.39 Å². The van der Waals surface area contributed by atoms with Crippen molar-refractivity contribution in [3.8, 4) is 28.6 Å². The van der Waals surface area contributed by atoms with Crippen LogP contribution < -0.4 is 10.2 Å². The molecule has 7 nitrogen and oxygen atoms in total. The molecule has 0 saturated heterocycles. The molecule has 0 fully saturated rings. The van der Waals surface area contributed by atoms with Crippen LogP contribution in [0.2, 0.25) is 0 Å². The molecule has 0 bridgehead atoms. The van der Waals surface area contributed by atoms with Gasteiger partial charge < -0.3 is 18.9 Å². The van der Waals surface area contributed by atoms with Crippen LogP contribution >= 0.6 is 0 Å². The van der Waals surface area contributed by atoms with Crippen molar-refractivity contribution in [3.05, 3.63) is 98.9 Å². The Morgan fingerprint density at radius 2 is 1.68 bits per heavy atom. The van der Waals surface area contributed by atoms with E-state index in [-0.39, 0.29) is 11.2 Å². The van der Waals surface area contributed by atoms with E-state index in [0.29, 0.717) is 67.6 Å². The number of ether oxygens (including phenoxy) is 1. The van der Waals surface area contributed by atoms with Crippen molar-refractivity contribution >= 4 is 10.9 Å². The first-order chi connectivity index (χ1) is 17.9. The van der Waals surface area contributed by atoms with E-state index in [1.165, 1.54) is 12.1 Å². The molecule has 0 radical (unpaired) electrons. The molecule has 5 rings (SSSR count). The van der Waals surface area contributed by atoms with Gasteiger partial charge >= 0.3 is 0 Å². The van der Waals surface area contributed by atoms with E-state index < -0.39 is 5.60 Å². The van der Waals surface area contributed by atoms with E-state index in [9.17, 15) is 14.3 Å². The van der Waals surface area contributed by atoms with E-state index in [1.807, 2.05) is 16.7 Å². The Morgan fingerprint density at radius 3 is 2.32 bits per heavy atom. The zero-order valence-electron chi connectivity index (χ0n) is 22.1. The van der Waals surface area contributed by atoms with Crippen molar-refractivity contribution in [1.82, 2.24) is 14.7 Å². The highest BCUT2D eigenvalue weighted by molar-refractivity contribution is 5.86. The summed E-state index contributed by atoms with van der Waals surface area (Å²) in [6, 6.07) is 13.6. The third-order valence-corrected chi connectivity index (χ3v) is 6.53. The predicted octanol–water partition coefficient (Wildman–Crippen LogP) is 6.43. The predicted molar refractivity (Wildman–Crippen MR) is 144 cm³/mol. The highest BCUT2D eigenvalue weighted by Crippen LogP contribution is 2.37. The molecule has 0 aliphatic carbocycles. The SMILES string of the molecule is Cc1nc(-c2ccc3c(=O)c(C)cn(-c4cc(C(C)(C)O)ccc4Oc4c(C)cc(F)cc4C)c3c2)no1. The lowest BCUT2D eigenvalue weighted by Crippen LogP contribution is -2.17. The lowest BCUT2D eigenvalue weighted by molar-refractivity contribution is 0.0785. The molecule has 0 amide bonds. The van der Waals surface area contributed by atoms with Gasteiger partial charge in [-0.3, -0.25) is 4.79 Å². The summed E-state index contributed by atoms with van der Waals surface area (Å²) < 4.78 is 27.4. The molecule has 3 aromatic carbocycles.